The molecule has 98 valence electrons. The van der Waals surface area contributed by atoms with Gasteiger partial charge in [-0.15, -0.1) is 0 Å². The van der Waals surface area contributed by atoms with Gasteiger partial charge in [-0.1, -0.05) is 0 Å². The van der Waals surface area contributed by atoms with Gasteiger partial charge in [0, 0.05) is 19.1 Å². The number of carbonyl (C=O) groups is 3. The molecule has 0 aliphatic carbocycles. The molecule has 4 amide bonds. The van der Waals surface area contributed by atoms with Gasteiger partial charge >= 0.3 is 18.0 Å². The molecule has 0 fully saturated rings. The number of primary amides is 1. The van der Waals surface area contributed by atoms with Crippen LogP contribution in [0.3, 0.4) is 0 Å². The number of nitrogens with two attached hydrogens (primary N) is 1. The average Bonchev–Trinajstić information content (AvgIpc) is 2.22. The van der Waals surface area contributed by atoms with E-state index in [1.54, 1.807) is 6.92 Å². The molecule has 0 radical (unpaired) electrons. The summed E-state index contributed by atoms with van der Waals surface area (Å²) in [5.41, 5.74) is 4.82. The molecule has 0 aromatic rings. The fraction of sp³-hybridized carbons (Fsp3) is 0.667. The third-order valence-electron chi connectivity index (χ3n) is 2.21. The first-order valence-corrected chi connectivity index (χ1v) is 5.15. The van der Waals surface area contributed by atoms with E-state index in [0.717, 1.165) is 0 Å². The Morgan fingerprint density at radius 3 is 2.18 bits per heavy atom. The van der Waals surface area contributed by atoms with Gasteiger partial charge in [-0.2, -0.15) is 0 Å². The Hall–Kier alpha value is -1.99. The lowest BCUT2D eigenvalue weighted by atomic mass is 10.0. The largest absolute Gasteiger partial charge is 0.481 e. The molecule has 2 atom stereocenters. The van der Waals surface area contributed by atoms with Gasteiger partial charge in [0.2, 0.25) is 0 Å². The lowest BCUT2D eigenvalue weighted by Gasteiger charge is -2.18. The fourth-order valence-corrected chi connectivity index (χ4v) is 0.958. The van der Waals surface area contributed by atoms with E-state index >= 15 is 0 Å². The topological polar surface area (TPSA) is 134 Å². The Morgan fingerprint density at radius 1 is 1.18 bits per heavy atom. The summed E-state index contributed by atoms with van der Waals surface area (Å²) >= 11 is 0. The van der Waals surface area contributed by atoms with Crippen LogP contribution in [0, 0.1) is 5.92 Å². The van der Waals surface area contributed by atoms with Crippen LogP contribution in [0.25, 0.3) is 0 Å². The highest BCUT2D eigenvalue weighted by atomic mass is 16.4. The van der Waals surface area contributed by atoms with E-state index < -0.39 is 30.0 Å². The number of amides is 4. The molecule has 0 aliphatic heterocycles. The quantitative estimate of drug-likeness (QED) is 0.387. The van der Waals surface area contributed by atoms with Crippen LogP contribution >= 0.6 is 0 Å². The minimum atomic E-state index is -0.979. The maximum atomic E-state index is 11.3. The average molecular weight is 246 g/mol. The third-order valence-corrected chi connectivity index (χ3v) is 2.21. The number of carbonyl (C=O) groups excluding carboxylic acids is 2. The number of carboxylic acid groups (broad SMARTS) is 1. The summed E-state index contributed by atoms with van der Waals surface area (Å²) in [4.78, 5) is 32.2. The second-order valence-electron chi connectivity index (χ2n) is 3.61. The van der Waals surface area contributed by atoms with Gasteiger partial charge < -0.3 is 26.8 Å². The van der Waals surface area contributed by atoms with Crippen LogP contribution in [-0.4, -0.2) is 42.3 Å². The van der Waals surface area contributed by atoms with Crippen molar-refractivity contribution in [3.05, 3.63) is 0 Å². The Balaban J connectivity index is 3.78. The molecule has 8 heteroatoms. The van der Waals surface area contributed by atoms with E-state index in [1.807, 2.05) is 0 Å². The van der Waals surface area contributed by atoms with E-state index in [1.165, 1.54) is 6.92 Å². The Morgan fingerprint density at radius 2 is 1.71 bits per heavy atom. The number of aliphatic carboxylic acids is 1. The molecule has 0 rings (SSSR count). The van der Waals surface area contributed by atoms with Gasteiger partial charge in [-0.05, 0) is 13.8 Å². The maximum Gasteiger partial charge on any atom is 0.315 e. The number of carboxylic acids is 1. The predicted octanol–water partition coefficient (Wildman–Crippen LogP) is -0.937. The first kappa shape index (κ1) is 15.0. The molecular weight excluding hydrogens is 228 g/mol. The zero-order valence-corrected chi connectivity index (χ0v) is 9.82. The van der Waals surface area contributed by atoms with Gasteiger partial charge in [-0.25, -0.2) is 9.59 Å². The molecule has 17 heavy (non-hydrogen) atoms. The SMILES string of the molecule is CC(NC(=O)NCCNC(N)=O)C(C)C(=O)O. The van der Waals surface area contributed by atoms with Crippen molar-refractivity contribution in [3.8, 4) is 0 Å². The van der Waals surface area contributed by atoms with Crippen LogP contribution in [0.4, 0.5) is 9.59 Å². The minimum absolute atomic E-state index is 0.211. The minimum Gasteiger partial charge on any atom is -0.481 e. The van der Waals surface area contributed by atoms with E-state index in [9.17, 15) is 14.4 Å². The monoisotopic (exact) mass is 246 g/mol. The molecule has 0 aromatic heterocycles. The van der Waals surface area contributed by atoms with Gasteiger partial charge in [0.25, 0.3) is 0 Å². The molecule has 0 aliphatic rings. The molecule has 0 saturated carbocycles. The van der Waals surface area contributed by atoms with E-state index in [-0.39, 0.29) is 13.1 Å². The summed E-state index contributed by atoms with van der Waals surface area (Å²) in [6.45, 7) is 3.52. The van der Waals surface area contributed by atoms with Gasteiger partial charge in [-0.3, -0.25) is 4.79 Å². The Kier molecular flexibility index (Phi) is 6.46. The molecule has 8 nitrogen and oxygen atoms in total. The number of hydrogen-bond acceptors (Lipinski definition) is 3. The lowest BCUT2D eigenvalue weighted by molar-refractivity contribution is -0.141. The van der Waals surface area contributed by atoms with E-state index in [2.05, 4.69) is 16.0 Å². The highest BCUT2D eigenvalue weighted by Gasteiger charge is 2.20. The second-order valence-corrected chi connectivity index (χ2v) is 3.61. The molecule has 0 bridgehead atoms. The summed E-state index contributed by atoms with van der Waals surface area (Å²) < 4.78 is 0. The highest BCUT2D eigenvalue weighted by molar-refractivity contribution is 5.76. The zero-order valence-electron chi connectivity index (χ0n) is 9.82. The van der Waals surface area contributed by atoms with Crippen molar-refractivity contribution in [1.82, 2.24) is 16.0 Å². The van der Waals surface area contributed by atoms with Crippen LogP contribution < -0.4 is 21.7 Å². The summed E-state index contributed by atoms with van der Waals surface area (Å²) in [6, 6.07) is -1.64. The van der Waals surface area contributed by atoms with Crippen LogP contribution in [-0.2, 0) is 4.79 Å². The molecule has 0 saturated heterocycles. The van der Waals surface area contributed by atoms with Gasteiger partial charge in [0.1, 0.15) is 0 Å². The summed E-state index contributed by atoms with van der Waals surface area (Å²) in [6.07, 6.45) is 0. The van der Waals surface area contributed by atoms with Crippen LogP contribution in [0.15, 0.2) is 0 Å². The van der Waals surface area contributed by atoms with Crippen molar-refractivity contribution in [3.63, 3.8) is 0 Å². The first-order valence-electron chi connectivity index (χ1n) is 5.15. The van der Waals surface area contributed by atoms with Crippen LogP contribution in [0.5, 0.6) is 0 Å². The molecule has 6 N–H and O–H groups in total. The predicted molar refractivity (Wildman–Crippen MR) is 60.4 cm³/mol. The van der Waals surface area contributed by atoms with Crippen molar-refractivity contribution in [2.75, 3.05) is 13.1 Å². The van der Waals surface area contributed by atoms with E-state index in [4.69, 9.17) is 10.8 Å². The lowest BCUT2D eigenvalue weighted by Crippen LogP contribution is -2.47. The first-order chi connectivity index (χ1) is 7.84. The van der Waals surface area contributed by atoms with Gasteiger partial charge in [0.15, 0.2) is 0 Å². The number of nitrogens with one attached hydrogen (secondary N) is 3. The maximum absolute atomic E-state index is 11.3. The van der Waals surface area contributed by atoms with Crippen molar-refractivity contribution in [2.24, 2.45) is 11.7 Å². The second kappa shape index (κ2) is 7.31. The Bertz CT molecular complexity index is 295. The van der Waals surface area contributed by atoms with Crippen LogP contribution in [0.1, 0.15) is 13.8 Å². The van der Waals surface area contributed by atoms with Crippen molar-refractivity contribution in [1.29, 1.82) is 0 Å². The smallest absolute Gasteiger partial charge is 0.315 e. The molecule has 0 heterocycles. The summed E-state index contributed by atoms with van der Waals surface area (Å²) in [5.74, 6) is -1.65. The normalized spacial score (nSPS) is 13.3. The number of hydrogen-bond donors (Lipinski definition) is 5. The standard InChI is InChI=1S/C9H18N4O4/c1-5(7(14)15)6(2)13-9(17)12-4-3-11-8(10)16/h5-6H,3-4H2,1-2H3,(H,14,15)(H3,10,11,16)(H2,12,13,17). The molecule has 2 unspecified atom stereocenters. The van der Waals surface area contributed by atoms with Crippen LogP contribution in [0.2, 0.25) is 0 Å². The molecular formula is C9H18N4O4. The van der Waals surface area contributed by atoms with Crippen molar-refractivity contribution in [2.45, 2.75) is 19.9 Å². The van der Waals surface area contributed by atoms with Gasteiger partial charge in [0.05, 0.1) is 5.92 Å². The third kappa shape index (κ3) is 6.98. The van der Waals surface area contributed by atoms with Crippen molar-refractivity contribution >= 4 is 18.0 Å². The fourth-order valence-electron chi connectivity index (χ4n) is 0.958. The molecule has 0 aromatic carbocycles. The Labute approximate surface area is 98.9 Å². The highest BCUT2D eigenvalue weighted by Crippen LogP contribution is 2.01. The number of rotatable bonds is 6. The zero-order chi connectivity index (χ0) is 13.4. The van der Waals surface area contributed by atoms with Crippen molar-refractivity contribution < 1.29 is 19.5 Å². The van der Waals surface area contributed by atoms with E-state index in [0.29, 0.717) is 0 Å². The number of urea groups is 2. The molecule has 0 spiro atoms. The summed E-state index contributed by atoms with van der Waals surface area (Å²) in [5, 5.41) is 15.9. The summed E-state index contributed by atoms with van der Waals surface area (Å²) in [7, 11) is 0.